The molecule has 1 saturated heterocycles. The Balaban J connectivity index is 1.79. The Morgan fingerprint density at radius 3 is 2.52 bits per heavy atom. The van der Waals surface area contributed by atoms with E-state index >= 15 is 0 Å². The van der Waals surface area contributed by atoms with E-state index in [1.54, 1.807) is 26.0 Å². The fourth-order valence-corrected chi connectivity index (χ4v) is 6.45. The number of ether oxygens (including phenoxy) is 1. The summed E-state index contributed by atoms with van der Waals surface area (Å²) < 4.78 is 53.6. The summed E-state index contributed by atoms with van der Waals surface area (Å²) >= 11 is 0. The first kappa shape index (κ1) is 25.9. The molecule has 0 aromatic carbocycles. The largest absolute Gasteiger partial charge is 0.490 e. The summed E-state index contributed by atoms with van der Waals surface area (Å²) in [6, 6.07) is 5.45. The third-order valence-corrected chi connectivity index (χ3v) is 9.00. The van der Waals surface area contributed by atoms with Crippen LogP contribution in [0.3, 0.4) is 0 Å². The average molecular weight is 527 g/mol. The van der Waals surface area contributed by atoms with E-state index in [-0.39, 0.29) is 5.82 Å². The van der Waals surface area contributed by atoms with Gasteiger partial charge in [0.15, 0.2) is 5.82 Å². The lowest BCUT2D eigenvalue weighted by atomic mass is 9.74. The zero-order chi connectivity index (χ0) is 24.8. The Kier molecular flexibility index (Phi) is 6.91. The molecule has 2 aromatic rings. The van der Waals surface area contributed by atoms with E-state index < -0.39 is 53.6 Å². The average Bonchev–Trinajstić information content (AvgIpc) is 3.18. The van der Waals surface area contributed by atoms with Crippen LogP contribution in [0.5, 0.6) is 0 Å². The Hall–Kier alpha value is -1.72. The first-order chi connectivity index (χ1) is 15.1. The van der Waals surface area contributed by atoms with Crippen molar-refractivity contribution in [3.8, 4) is 6.07 Å². The molecule has 6 atom stereocenters. The fourth-order valence-electron chi connectivity index (χ4n) is 3.42. The van der Waals surface area contributed by atoms with Gasteiger partial charge in [-0.3, -0.25) is 4.52 Å². The van der Waals surface area contributed by atoms with Crippen LogP contribution in [0, 0.1) is 22.7 Å². The number of phosphoric ester groups is 1. The Bertz CT molecular complexity index is 1240. The highest BCUT2D eigenvalue weighted by atomic mass is 31.3. The molecule has 0 aliphatic carbocycles. The van der Waals surface area contributed by atoms with Crippen LogP contribution < -0.4 is 5.73 Å². The van der Waals surface area contributed by atoms with Crippen molar-refractivity contribution in [3.63, 3.8) is 0 Å². The van der Waals surface area contributed by atoms with Gasteiger partial charge in [-0.25, -0.2) is 23.2 Å². The number of nitrogens with two attached hydrogens (primary N) is 1. The van der Waals surface area contributed by atoms with E-state index in [2.05, 4.69) is 29.3 Å². The predicted molar refractivity (Wildman–Crippen MR) is 108 cm³/mol. The van der Waals surface area contributed by atoms with E-state index in [9.17, 15) is 28.7 Å². The highest BCUT2D eigenvalue weighted by Gasteiger charge is 2.54. The topological polar surface area (TPSA) is 249 Å². The SMILES string of the molecule is C[C@@H]1[C@@H](COP(=O)(O)OP(=O)(O)OP(=O)(O)O)O[C@@H](c2ccc3c(N)ncnn23)[C@]1(C)C#N. The monoisotopic (exact) mass is 527 g/mol. The van der Waals surface area contributed by atoms with Crippen LogP contribution >= 0.6 is 23.5 Å². The van der Waals surface area contributed by atoms with E-state index in [1.165, 1.54) is 10.8 Å². The molecule has 3 rings (SSSR count). The fraction of sp³-hybridized carbons (Fsp3) is 0.500. The molecule has 16 nitrogen and oxygen atoms in total. The van der Waals surface area contributed by atoms with Crippen LogP contribution in [0.25, 0.3) is 5.52 Å². The molecule has 0 amide bonds. The highest BCUT2D eigenvalue weighted by Crippen LogP contribution is 2.66. The zero-order valence-electron chi connectivity index (χ0n) is 17.0. The minimum absolute atomic E-state index is 0.199. The lowest BCUT2D eigenvalue weighted by Gasteiger charge is -2.25. The van der Waals surface area contributed by atoms with Gasteiger partial charge < -0.3 is 30.0 Å². The van der Waals surface area contributed by atoms with Gasteiger partial charge in [-0.15, -0.1) is 0 Å². The van der Waals surface area contributed by atoms with E-state index in [0.717, 1.165) is 0 Å². The lowest BCUT2D eigenvalue weighted by molar-refractivity contribution is -0.00845. The molecule has 0 spiro atoms. The van der Waals surface area contributed by atoms with Crippen molar-refractivity contribution in [2.24, 2.45) is 11.3 Å². The maximum atomic E-state index is 12.0. The van der Waals surface area contributed by atoms with Crippen molar-refractivity contribution in [2.75, 3.05) is 12.3 Å². The summed E-state index contributed by atoms with van der Waals surface area (Å²) in [5.74, 6) is -0.394. The van der Waals surface area contributed by atoms with Crippen molar-refractivity contribution in [1.82, 2.24) is 14.6 Å². The molecule has 1 aliphatic heterocycles. The molecule has 2 aromatic heterocycles. The van der Waals surface area contributed by atoms with Gasteiger partial charge in [0.1, 0.15) is 17.9 Å². The predicted octanol–water partition coefficient (Wildman–Crippen LogP) is 1.26. The van der Waals surface area contributed by atoms with Gasteiger partial charge in [0.25, 0.3) is 0 Å². The van der Waals surface area contributed by atoms with Crippen molar-refractivity contribution in [2.45, 2.75) is 26.1 Å². The second-order valence-electron chi connectivity index (χ2n) is 7.33. The van der Waals surface area contributed by atoms with Crippen LogP contribution in [0.2, 0.25) is 0 Å². The Morgan fingerprint density at radius 2 is 1.91 bits per heavy atom. The summed E-state index contributed by atoms with van der Waals surface area (Å²) in [5, 5.41) is 14.0. The molecular formula is C14H20N5O11P3. The molecule has 1 fully saturated rings. The number of hydrogen-bond acceptors (Lipinski definition) is 11. The summed E-state index contributed by atoms with van der Waals surface area (Å²) in [6.45, 7) is 2.56. The highest BCUT2D eigenvalue weighted by molar-refractivity contribution is 7.66. The molecule has 33 heavy (non-hydrogen) atoms. The zero-order valence-corrected chi connectivity index (χ0v) is 19.7. The molecule has 182 valence electrons. The molecule has 0 bridgehead atoms. The third kappa shape index (κ3) is 5.51. The first-order valence-corrected chi connectivity index (χ1v) is 13.5. The number of rotatable bonds is 8. The number of anilines is 1. The van der Waals surface area contributed by atoms with Gasteiger partial charge in [0.2, 0.25) is 0 Å². The van der Waals surface area contributed by atoms with Gasteiger partial charge in [-0.05, 0) is 19.1 Å². The van der Waals surface area contributed by atoms with Gasteiger partial charge in [-0.1, -0.05) is 6.92 Å². The second-order valence-corrected chi connectivity index (χ2v) is 11.7. The number of nitriles is 1. The van der Waals surface area contributed by atoms with Crippen LogP contribution in [0.15, 0.2) is 18.5 Å². The molecule has 1 aliphatic rings. The van der Waals surface area contributed by atoms with E-state index in [1.807, 2.05) is 0 Å². The quantitative estimate of drug-likeness (QED) is 0.303. The van der Waals surface area contributed by atoms with Gasteiger partial charge in [0.05, 0.1) is 29.9 Å². The molecule has 0 saturated carbocycles. The van der Waals surface area contributed by atoms with Crippen LogP contribution in [0.1, 0.15) is 25.6 Å². The standard InChI is InChI=1S/C14H20N5O11P3/c1-8-11(5-27-32(23,24)30-33(25,26)29-31(20,21)22)28-12(14(8,2)6-15)9-3-4-10-13(16)17-7-18-19(9)10/h3-4,7-8,11-12H,5H2,1-2H3,(H,23,24)(H,25,26)(H2,16,17,18)(H2,20,21,22)/t8-,11-,12+,14-/m1/s1. The first-order valence-electron chi connectivity index (χ1n) is 9.02. The number of nitrogens with zero attached hydrogens (tertiary/aromatic N) is 4. The van der Waals surface area contributed by atoms with E-state index in [4.69, 9.17) is 20.3 Å². The summed E-state index contributed by atoms with van der Waals surface area (Å²) in [6.07, 6.45) is -0.640. The normalized spacial score (nSPS) is 29.4. The number of phosphoric acid groups is 3. The summed E-state index contributed by atoms with van der Waals surface area (Å²) in [4.78, 5) is 40.0. The van der Waals surface area contributed by atoms with Crippen LogP contribution in [-0.2, 0) is 31.6 Å². The summed E-state index contributed by atoms with van der Waals surface area (Å²) in [5.41, 5.74) is 5.59. The Morgan fingerprint density at radius 1 is 1.24 bits per heavy atom. The van der Waals surface area contributed by atoms with Crippen molar-refractivity contribution >= 4 is 34.8 Å². The molecular weight excluding hydrogens is 507 g/mol. The maximum Gasteiger partial charge on any atom is 0.490 e. The maximum absolute atomic E-state index is 12.0. The molecule has 6 N–H and O–H groups in total. The van der Waals surface area contributed by atoms with Crippen LogP contribution in [0.4, 0.5) is 5.82 Å². The molecule has 3 heterocycles. The van der Waals surface area contributed by atoms with Crippen molar-refractivity contribution in [1.29, 1.82) is 5.26 Å². The van der Waals surface area contributed by atoms with Crippen molar-refractivity contribution in [3.05, 3.63) is 24.2 Å². The number of fused-ring (bicyclic) bond motifs is 1. The van der Waals surface area contributed by atoms with Gasteiger partial charge >= 0.3 is 23.5 Å². The molecule has 0 radical (unpaired) electrons. The lowest BCUT2D eigenvalue weighted by Crippen LogP contribution is -2.29. The molecule has 19 heteroatoms. The summed E-state index contributed by atoms with van der Waals surface area (Å²) in [7, 11) is -16.5. The number of nitrogen functional groups attached to an aromatic ring is 1. The van der Waals surface area contributed by atoms with E-state index in [0.29, 0.717) is 11.2 Å². The molecule has 2 unspecified atom stereocenters. The van der Waals surface area contributed by atoms with Gasteiger partial charge in [0, 0.05) is 5.92 Å². The minimum Gasteiger partial charge on any atom is -0.382 e. The van der Waals surface area contributed by atoms with Gasteiger partial charge in [-0.2, -0.15) is 19.0 Å². The third-order valence-electron chi connectivity index (χ3n) is 5.20. The van der Waals surface area contributed by atoms with Crippen molar-refractivity contribution < 1.29 is 51.2 Å². The number of aromatic nitrogens is 3. The van der Waals surface area contributed by atoms with Crippen LogP contribution in [-0.4, -0.2) is 46.9 Å². The smallest absolute Gasteiger partial charge is 0.382 e. The number of hydrogen-bond donors (Lipinski definition) is 5. The Labute approximate surface area is 186 Å². The minimum atomic E-state index is -5.65. The second kappa shape index (κ2) is 8.81.